The predicted octanol–water partition coefficient (Wildman–Crippen LogP) is 1.72. The monoisotopic (exact) mass is 496 g/mol. The van der Waals surface area contributed by atoms with Crippen LogP contribution >= 0.6 is 11.8 Å². The summed E-state index contributed by atoms with van der Waals surface area (Å²) in [6.45, 7) is 1.07. The molecule has 3 aromatic heterocycles. The number of carbonyl (C=O) groups excluding carboxylic acids is 2. The molecule has 5 heterocycles. The Labute approximate surface area is 205 Å². The number of amides is 2. The molecule has 0 saturated carbocycles. The Morgan fingerprint density at radius 2 is 2.17 bits per heavy atom. The van der Waals surface area contributed by atoms with Crippen LogP contribution in [0.5, 0.6) is 5.88 Å². The van der Waals surface area contributed by atoms with Gasteiger partial charge in [-0.3, -0.25) is 9.78 Å². The molecule has 0 radical (unpaired) electrons. The number of fused-ring (bicyclic) bond motifs is 2. The van der Waals surface area contributed by atoms with Gasteiger partial charge in [0.2, 0.25) is 11.8 Å². The molecule has 0 aromatic carbocycles. The van der Waals surface area contributed by atoms with Gasteiger partial charge in [0.25, 0.3) is 0 Å². The van der Waals surface area contributed by atoms with Crippen LogP contribution in [0.2, 0.25) is 0 Å². The lowest BCUT2D eigenvalue weighted by Gasteiger charge is -2.19. The third kappa shape index (κ3) is 5.14. The van der Waals surface area contributed by atoms with E-state index in [1.807, 2.05) is 12.1 Å². The fourth-order valence-corrected chi connectivity index (χ4v) is 4.76. The number of rotatable bonds is 8. The van der Waals surface area contributed by atoms with Gasteiger partial charge < -0.3 is 30.1 Å². The number of β-amino-alcohol motifs (C(OH)–C–C–N with tert-alkyl or cyclic N) is 1. The van der Waals surface area contributed by atoms with Crippen LogP contribution in [0, 0.1) is 0 Å². The first kappa shape index (κ1) is 23.3. The van der Waals surface area contributed by atoms with Crippen LogP contribution in [0.25, 0.3) is 11.0 Å². The van der Waals surface area contributed by atoms with Crippen molar-refractivity contribution in [2.24, 2.45) is 0 Å². The minimum absolute atomic E-state index is 0.0685. The van der Waals surface area contributed by atoms with Crippen LogP contribution in [0.4, 0.5) is 10.6 Å². The number of nitrogens with one attached hydrogen (secondary N) is 2. The van der Waals surface area contributed by atoms with Crippen LogP contribution in [0.3, 0.4) is 0 Å². The van der Waals surface area contributed by atoms with E-state index in [1.54, 1.807) is 24.4 Å². The van der Waals surface area contributed by atoms with E-state index in [2.05, 4.69) is 25.6 Å². The molecule has 182 valence electrons. The minimum Gasteiger partial charge on any atom is -0.481 e. The summed E-state index contributed by atoms with van der Waals surface area (Å²) < 4.78 is 10.8. The van der Waals surface area contributed by atoms with Crippen LogP contribution < -0.4 is 15.4 Å². The maximum absolute atomic E-state index is 12.5. The normalized spacial score (nSPS) is 18.2. The Hall–Kier alpha value is -3.48. The molecule has 35 heavy (non-hydrogen) atoms. The van der Waals surface area contributed by atoms with E-state index in [-0.39, 0.29) is 25.5 Å². The van der Waals surface area contributed by atoms with Crippen molar-refractivity contribution >= 4 is 40.6 Å². The fraction of sp³-hybridized carbons (Fsp3) is 0.348. The van der Waals surface area contributed by atoms with E-state index in [0.29, 0.717) is 35.0 Å². The molecular weight excluding hydrogens is 472 g/mol. The fourth-order valence-electron chi connectivity index (χ4n) is 4.01. The molecule has 0 aliphatic carbocycles. The smallest absolute Gasteiger partial charge is 0.410 e. The van der Waals surface area contributed by atoms with Gasteiger partial charge in [0.15, 0.2) is 0 Å². The lowest BCUT2D eigenvalue weighted by molar-refractivity contribution is -0.113. The van der Waals surface area contributed by atoms with Gasteiger partial charge in [0.05, 0.1) is 53.7 Å². The summed E-state index contributed by atoms with van der Waals surface area (Å²) >= 11 is 1.46. The number of ether oxygens (including phenoxy) is 2. The molecule has 1 fully saturated rings. The topological polar surface area (TPSA) is 139 Å². The first-order valence-corrected chi connectivity index (χ1v) is 12.1. The first-order valence-electron chi connectivity index (χ1n) is 11.1. The molecular formula is C23H24N6O5S. The van der Waals surface area contributed by atoms with Crippen molar-refractivity contribution in [3.05, 3.63) is 47.8 Å². The predicted molar refractivity (Wildman–Crippen MR) is 128 cm³/mol. The van der Waals surface area contributed by atoms with E-state index >= 15 is 0 Å². The van der Waals surface area contributed by atoms with Gasteiger partial charge in [-0.15, -0.1) is 11.8 Å². The maximum Gasteiger partial charge on any atom is 0.410 e. The number of hydrogen-bond acceptors (Lipinski definition) is 10. The number of thioether (sulfide) groups is 1. The average Bonchev–Trinajstić information content (AvgIpc) is 3.22. The molecule has 1 saturated heterocycles. The standard InChI is InChI=1S/C23H24N6O5S/c1-33-20-5-3-16-21(28-20)15(6-7-25-16)17-11-29(23(32)34-17)10-14(30)9-24-8-13-2-4-18-22(26-13)27-19(31)12-35-18/h2-7,14,17,24,30H,8-12H2,1H3,(H,26,27,31)/t14-,17+/m1/s1. The van der Waals surface area contributed by atoms with E-state index in [4.69, 9.17) is 9.47 Å². The summed E-state index contributed by atoms with van der Waals surface area (Å²) in [5.74, 6) is 1.33. The molecule has 2 amide bonds. The van der Waals surface area contributed by atoms with E-state index in [9.17, 15) is 14.7 Å². The van der Waals surface area contributed by atoms with Gasteiger partial charge in [0, 0.05) is 30.9 Å². The number of hydrogen-bond donors (Lipinski definition) is 3. The number of pyridine rings is 3. The Kier molecular flexibility index (Phi) is 6.66. The SMILES string of the molecule is COc1ccc2nccc([C@@H]3CN(C[C@H](O)CNCc4ccc5c(n4)NC(=O)CS5)C(=O)O3)c2n1. The molecule has 3 aromatic rings. The van der Waals surface area contributed by atoms with Gasteiger partial charge in [-0.2, -0.15) is 0 Å². The maximum atomic E-state index is 12.5. The zero-order chi connectivity index (χ0) is 24.4. The van der Waals surface area contributed by atoms with Gasteiger partial charge in [-0.05, 0) is 24.3 Å². The molecule has 0 bridgehead atoms. The van der Waals surface area contributed by atoms with E-state index in [1.165, 1.54) is 23.8 Å². The summed E-state index contributed by atoms with van der Waals surface area (Å²) in [5.41, 5.74) is 2.77. The summed E-state index contributed by atoms with van der Waals surface area (Å²) in [7, 11) is 1.54. The molecule has 0 spiro atoms. The molecule has 0 unspecified atom stereocenters. The second-order valence-corrected chi connectivity index (χ2v) is 9.19. The largest absolute Gasteiger partial charge is 0.481 e. The van der Waals surface area contributed by atoms with Crippen LogP contribution in [0.15, 0.2) is 41.4 Å². The number of carbonyl (C=O) groups is 2. The third-order valence-corrected chi connectivity index (χ3v) is 6.73. The van der Waals surface area contributed by atoms with Gasteiger partial charge in [-0.1, -0.05) is 0 Å². The highest BCUT2D eigenvalue weighted by atomic mass is 32.2. The summed E-state index contributed by atoms with van der Waals surface area (Å²) in [5, 5.41) is 16.4. The highest BCUT2D eigenvalue weighted by Crippen LogP contribution is 2.31. The Balaban J connectivity index is 1.16. The number of aromatic nitrogens is 3. The molecule has 5 rings (SSSR count). The Bertz CT molecular complexity index is 1270. The van der Waals surface area contributed by atoms with E-state index in [0.717, 1.165) is 16.2 Å². The van der Waals surface area contributed by atoms with Crippen LogP contribution in [-0.4, -0.2) is 75.6 Å². The van der Waals surface area contributed by atoms with E-state index < -0.39 is 18.3 Å². The third-order valence-electron chi connectivity index (χ3n) is 5.68. The lowest BCUT2D eigenvalue weighted by atomic mass is 10.1. The summed E-state index contributed by atoms with van der Waals surface area (Å²) in [6.07, 6.45) is -0.173. The highest BCUT2D eigenvalue weighted by Gasteiger charge is 2.34. The first-order chi connectivity index (χ1) is 17.0. The molecule has 2 aliphatic heterocycles. The number of anilines is 1. The number of cyclic esters (lactones) is 1. The van der Waals surface area contributed by atoms with Crippen molar-refractivity contribution in [2.45, 2.75) is 23.6 Å². The average molecular weight is 497 g/mol. The second-order valence-electron chi connectivity index (χ2n) is 8.17. The quantitative estimate of drug-likeness (QED) is 0.422. The minimum atomic E-state index is -0.804. The van der Waals surface area contributed by atoms with Crippen molar-refractivity contribution in [1.82, 2.24) is 25.2 Å². The van der Waals surface area contributed by atoms with Crippen molar-refractivity contribution in [2.75, 3.05) is 37.8 Å². The van der Waals surface area contributed by atoms with Crippen LogP contribution in [0.1, 0.15) is 17.4 Å². The number of methoxy groups -OCH3 is 1. The number of aliphatic hydroxyl groups is 1. The molecule has 2 aliphatic rings. The molecule has 2 atom stereocenters. The Morgan fingerprint density at radius 1 is 1.29 bits per heavy atom. The zero-order valence-electron chi connectivity index (χ0n) is 18.9. The summed E-state index contributed by atoms with van der Waals surface area (Å²) in [6, 6.07) is 9.12. The van der Waals surface area contributed by atoms with Crippen molar-refractivity contribution in [3.8, 4) is 5.88 Å². The zero-order valence-corrected chi connectivity index (χ0v) is 19.7. The van der Waals surface area contributed by atoms with Gasteiger partial charge in [-0.25, -0.2) is 14.8 Å². The number of nitrogens with zero attached hydrogens (tertiary/aromatic N) is 4. The summed E-state index contributed by atoms with van der Waals surface area (Å²) in [4.78, 5) is 39.7. The molecule has 11 nitrogen and oxygen atoms in total. The van der Waals surface area contributed by atoms with Gasteiger partial charge in [0.1, 0.15) is 11.9 Å². The van der Waals surface area contributed by atoms with Crippen molar-refractivity contribution < 1.29 is 24.2 Å². The second kappa shape index (κ2) is 10.0. The molecule has 12 heteroatoms. The van der Waals surface area contributed by atoms with Crippen molar-refractivity contribution in [3.63, 3.8) is 0 Å². The van der Waals surface area contributed by atoms with Crippen LogP contribution in [-0.2, 0) is 16.1 Å². The number of aliphatic hydroxyl groups excluding tert-OH is 1. The van der Waals surface area contributed by atoms with Gasteiger partial charge >= 0.3 is 6.09 Å². The highest BCUT2D eigenvalue weighted by molar-refractivity contribution is 8.00. The Morgan fingerprint density at radius 3 is 3.03 bits per heavy atom. The lowest BCUT2D eigenvalue weighted by Crippen LogP contribution is -2.38. The van der Waals surface area contributed by atoms with Crippen molar-refractivity contribution in [1.29, 1.82) is 0 Å². The molecule has 3 N–H and O–H groups in total.